The highest BCUT2D eigenvalue weighted by molar-refractivity contribution is 7.90. The van der Waals surface area contributed by atoms with E-state index in [4.69, 9.17) is 5.73 Å². The molecule has 0 bridgehead atoms. The molecule has 0 saturated carbocycles. The topological polar surface area (TPSA) is 114 Å². The second-order valence-corrected chi connectivity index (χ2v) is 10.4. The minimum atomic E-state index is -2.98. The summed E-state index contributed by atoms with van der Waals surface area (Å²) >= 11 is 0. The molecule has 1 aromatic carbocycles. The van der Waals surface area contributed by atoms with Crippen molar-refractivity contribution in [2.75, 3.05) is 31.6 Å². The van der Waals surface area contributed by atoms with Crippen LogP contribution in [0.4, 0.5) is 4.39 Å². The number of aromatic amines is 1. The lowest BCUT2D eigenvalue weighted by molar-refractivity contribution is 0.100. The molecule has 4 rings (SSSR count). The summed E-state index contributed by atoms with van der Waals surface area (Å²) in [6.07, 6.45) is 4.81. The average Bonchev–Trinajstić information content (AvgIpc) is 3.18. The summed E-state index contributed by atoms with van der Waals surface area (Å²) in [6.45, 7) is 4.25. The van der Waals surface area contributed by atoms with Crippen LogP contribution in [-0.2, 0) is 15.3 Å². The van der Waals surface area contributed by atoms with E-state index in [-0.39, 0.29) is 16.7 Å². The minimum Gasteiger partial charge on any atom is -0.366 e. The summed E-state index contributed by atoms with van der Waals surface area (Å²) in [6, 6.07) is 2.42. The molecule has 0 atom stereocenters. The largest absolute Gasteiger partial charge is 0.366 e. The first-order valence-electron chi connectivity index (χ1n) is 9.47. The Balaban J connectivity index is 1.67. The molecule has 2 aromatic heterocycles. The number of amides is 1. The van der Waals surface area contributed by atoms with Crippen molar-refractivity contribution in [2.24, 2.45) is 5.73 Å². The van der Waals surface area contributed by atoms with E-state index >= 15 is 0 Å². The summed E-state index contributed by atoms with van der Waals surface area (Å²) in [5.41, 5.74) is 7.84. The number of hydrogen-bond donors (Lipinski definition) is 2. The predicted molar refractivity (Wildman–Crippen MR) is 108 cm³/mol. The van der Waals surface area contributed by atoms with Gasteiger partial charge in [-0.1, -0.05) is 6.92 Å². The van der Waals surface area contributed by atoms with Crippen LogP contribution in [0, 0.1) is 5.82 Å². The monoisotopic (exact) mass is 421 g/mol. The van der Waals surface area contributed by atoms with Crippen molar-refractivity contribution >= 4 is 32.4 Å². The number of likely N-dealkylation sites (tertiary alicyclic amines) is 1. The van der Waals surface area contributed by atoms with E-state index in [1.165, 1.54) is 12.3 Å². The molecule has 8 nitrogen and oxygen atoms in total. The van der Waals surface area contributed by atoms with Crippen LogP contribution in [-0.4, -0.2) is 65.5 Å². The number of carbonyl (C=O) groups is 1. The molecule has 0 unspecified atom stereocenters. The van der Waals surface area contributed by atoms with Gasteiger partial charge in [0.25, 0.3) is 5.91 Å². The molecule has 156 valence electrons. The van der Waals surface area contributed by atoms with Gasteiger partial charge in [-0.2, -0.15) is 0 Å². The Morgan fingerprint density at radius 2 is 2.03 bits per heavy atom. The van der Waals surface area contributed by atoms with E-state index < -0.39 is 21.6 Å². The van der Waals surface area contributed by atoms with Gasteiger partial charge in [0.2, 0.25) is 0 Å². The van der Waals surface area contributed by atoms with Gasteiger partial charge in [-0.05, 0) is 32.0 Å². The summed E-state index contributed by atoms with van der Waals surface area (Å²) in [5, 5.41) is 3.14. The molecule has 3 N–H and O–H groups in total. The molecule has 3 aromatic rings. The number of H-pyrrole nitrogens is 1. The van der Waals surface area contributed by atoms with Gasteiger partial charge in [0.15, 0.2) is 5.65 Å². The fraction of sp³-hybridized carbons (Fsp3) is 0.474. The number of fused-ring (bicyclic) bond motifs is 3. The van der Waals surface area contributed by atoms with Crippen LogP contribution >= 0.6 is 0 Å². The molecule has 29 heavy (non-hydrogen) atoms. The number of benzene rings is 1. The molecule has 1 aliphatic rings. The van der Waals surface area contributed by atoms with Crippen LogP contribution in [0.3, 0.4) is 0 Å². The fourth-order valence-corrected chi connectivity index (χ4v) is 4.73. The summed E-state index contributed by atoms with van der Waals surface area (Å²) in [5.74, 6) is -1.11. The number of nitrogens with one attached hydrogen (secondary N) is 1. The number of hydrogen-bond acceptors (Lipinski definition) is 5. The van der Waals surface area contributed by atoms with Crippen molar-refractivity contribution in [3.8, 4) is 0 Å². The number of primary amides is 1. The third-order valence-corrected chi connectivity index (χ3v) is 6.87. The number of nitrogens with zero attached hydrogens (tertiary/aromatic N) is 3. The maximum Gasteiger partial charge on any atom is 0.251 e. The normalized spacial score (nSPS) is 17.9. The van der Waals surface area contributed by atoms with E-state index in [2.05, 4.69) is 21.9 Å². The zero-order valence-corrected chi connectivity index (χ0v) is 17.2. The Bertz CT molecular complexity index is 1210. The van der Waals surface area contributed by atoms with Crippen molar-refractivity contribution in [1.29, 1.82) is 0 Å². The lowest BCUT2D eigenvalue weighted by Gasteiger charge is -2.39. The number of aromatic nitrogens is 3. The van der Waals surface area contributed by atoms with E-state index in [1.54, 1.807) is 4.52 Å². The summed E-state index contributed by atoms with van der Waals surface area (Å²) in [4.78, 5) is 18.5. The average molecular weight is 421 g/mol. The third kappa shape index (κ3) is 3.62. The van der Waals surface area contributed by atoms with E-state index in [9.17, 15) is 17.6 Å². The van der Waals surface area contributed by atoms with Gasteiger partial charge < -0.3 is 10.6 Å². The molecular weight excluding hydrogens is 397 g/mol. The SMILES string of the molecule is CC1(c2c[nH]n3c2nc2cc(F)cc(C(N)=O)c23)CCN(CCS(C)(=O)=O)CC1. The molecule has 1 amide bonds. The standard InChI is InChI=1S/C19H24FN5O3S/c1-19(3-5-24(6-4-19)7-8-29(2,27)28)14-11-22-25-16-13(17(21)26)9-12(20)10-15(16)23-18(14)25/h9-11,22H,3-8H2,1-2H3,(H2,21,26). The van der Waals surface area contributed by atoms with Gasteiger partial charge in [-0.3, -0.25) is 9.89 Å². The first-order chi connectivity index (χ1) is 13.6. The highest BCUT2D eigenvalue weighted by Gasteiger charge is 2.35. The van der Waals surface area contributed by atoms with Crippen molar-refractivity contribution < 1.29 is 17.6 Å². The number of imidazole rings is 1. The van der Waals surface area contributed by atoms with Crippen molar-refractivity contribution in [1.82, 2.24) is 19.5 Å². The zero-order chi connectivity index (χ0) is 21.0. The molecule has 1 aliphatic heterocycles. The maximum atomic E-state index is 13.9. The van der Waals surface area contributed by atoms with E-state index in [0.717, 1.165) is 37.6 Å². The van der Waals surface area contributed by atoms with E-state index in [0.29, 0.717) is 23.2 Å². The smallest absolute Gasteiger partial charge is 0.251 e. The molecule has 0 aliphatic carbocycles. The number of halogens is 1. The van der Waals surface area contributed by atoms with Crippen LogP contribution in [0.5, 0.6) is 0 Å². The first-order valence-corrected chi connectivity index (χ1v) is 11.5. The van der Waals surface area contributed by atoms with Gasteiger partial charge >= 0.3 is 0 Å². The highest BCUT2D eigenvalue weighted by atomic mass is 32.2. The Kier molecular flexibility index (Phi) is 4.66. The zero-order valence-electron chi connectivity index (χ0n) is 16.4. The van der Waals surface area contributed by atoms with Crippen molar-refractivity contribution in [2.45, 2.75) is 25.2 Å². The Morgan fingerprint density at radius 3 is 2.66 bits per heavy atom. The maximum absolute atomic E-state index is 13.9. The van der Waals surface area contributed by atoms with E-state index in [1.807, 2.05) is 6.20 Å². The molecule has 3 heterocycles. The van der Waals surface area contributed by atoms with Crippen molar-refractivity contribution in [3.05, 3.63) is 35.3 Å². The van der Waals surface area contributed by atoms with Crippen LogP contribution in [0.25, 0.3) is 16.7 Å². The van der Waals surface area contributed by atoms with Gasteiger partial charge in [-0.15, -0.1) is 0 Å². The molecule has 1 fully saturated rings. The highest BCUT2D eigenvalue weighted by Crippen LogP contribution is 2.38. The molecular formula is C19H24FN5O3S. The van der Waals surface area contributed by atoms with Gasteiger partial charge in [0.05, 0.1) is 16.8 Å². The van der Waals surface area contributed by atoms with Crippen LogP contribution < -0.4 is 5.73 Å². The van der Waals surface area contributed by atoms with Crippen LogP contribution in [0.15, 0.2) is 18.3 Å². The number of piperidine rings is 1. The molecule has 0 radical (unpaired) electrons. The second kappa shape index (κ2) is 6.81. The fourth-order valence-electron chi connectivity index (χ4n) is 4.14. The Labute approximate surface area is 167 Å². The molecule has 10 heteroatoms. The number of sulfone groups is 1. The minimum absolute atomic E-state index is 0.0849. The first kappa shape index (κ1) is 19.8. The third-order valence-electron chi connectivity index (χ3n) is 5.95. The molecule has 1 saturated heterocycles. The predicted octanol–water partition coefficient (Wildman–Crippen LogP) is 1.45. The van der Waals surface area contributed by atoms with Gasteiger partial charge in [-0.25, -0.2) is 22.3 Å². The quantitative estimate of drug-likeness (QED) is 0.647. The lowest BCUT2D eigenvalue weighted by atomic mass is 9.75. The van der Waals surface area contributed by atoms with Crippen LogP contribution in [0.1, 0.15) is 35.7 Å². The summed E-state index contributed by atoms with van der Waals surface area (Å²) in [7, 11) is -2.98. The molecule has 0 spiro atoms. The van der Waals surface area contributed by atoms with Gasteiger partial charge in [0, 0.05) is 36.0 Å². The number of carbonyl (C=O) groups excluding carboxylic acids is 1. The van der Waals surface area contributed by atoms with Gasteiger partial charge in [0.1, 0.15) is 21.2 Å². The number of nitrogens with two attached hydrogens (primary N) is 1. The Morgan fingerprint density at radius 1 is 1.34 bits per heavy atom. The number of rotatable bonds is 5. The Hall–Kier alpha value is -2.46. The van der Waals surface area contributed by atoms with Crippen molar-refractivity contribution in [3.63, 3.8) is 0 Å². The summed E-state index contributed by atoms with van der Waals surface area (Å²) < 4.78 is 38.4. The second-order valence-electron chi connectivity index (χ2n) is 8.18. The lowest BCUT2D eigenvalue weighted by Crippen LogP contribution is -2.42. The van der Waals surface area contributed by atoms with Crippen LogP contribution in [0.2, 0.25) is 0 Å².